The number of hydrogen-bond donors (Lipinski definition) is 3. The Balaban J connectivity index is 0.00000225. The fourth-order valence-corrected chi connectivity index (χ4v) is 1.10. The van der Waals surface area contributed by atoms with E-state index < -0.39 is 5.54 Å². The van der Waals surface area contributed by atoms with Gasteiger partial charge in [-0.25, -0.2) is 0 Å². The lowest BCUT2D eigenvalue weighted by Gasteiger charge is -2.18. The maximum atomic E-state index is 11.7. The lowest BCUT2D eigenvalue weighted by atomic mass is 10.1. The van der Waals surface area contributed by atoms with Crippen LogP contribution in [0.5, 0.6) is 0 Å². The Bertz CT molecular complexity index is 367. The number of halogens is 1. The first-order chi connectivity index (χ1) is 6.81. The lowest BCUT2D eigenvalue weighted by Crippen LogP contribution is -2.45. The third-order valence-corrected chi connectivity index (χ3v) is 2.17. The van der Waals surface area contributed by atoms with Gasteiger partial charge in [-0.3, -0.25) is 9.89 Å². The van der Waals surface area contributed by atoms with Crippen LogP contribution in [0, 0.1) is 13.8 Å². The van der Waals surface area contributed by atoms with Gasteiger partial charge in [0.05, 0.1) is 0 Å². The molecule has 92 valence electrons. The van der Waals surface area contributed by atoms with Gasteiger partial charge in [0.1, 0.15) is 0 Å². The summed E-state index contributed by atoms with van der Waals surface area (Å²) in [6.45, 7) is 7.89. The molecule has 0 saturated heterocycles. The van der Waals surface area contributed by atoms with Crippen LogP contribution in [-0.2, 0) is 0 Å². The zero-order valence-electron chi connectivity index (χ0n) is 10.0. The second kappa shape index (κ2) is 5.32. The Kier molecular flexibility index (Phi) is 4.96. The predicted octanol–water partition coefficient (Wildman–Crippen LogP) is 0.915. The fraction of sp³-hybridized carbons (Fsp3) is 0.600. The van der Waals surface area contributed by atoms with Crippen LogP contribution in [0.2, 0.25) is 0 Å². The van der Waals surface area contributed by atoms with E-state index in [1.54, 1.807) is 0 Å². The molecule has 0 aliphatic rings. The summed E-state index contributed by atoms with van der Waals surface area (Å²) in [6.07, 6.45) is 0. The second-order valence-corrected chi connectivity index (χ2v) is 4.49. The van der Waals surface area contributed by atoms with Gasteiger partial charge in [-0.2, -0.15) is 5.10 Å². The number of carbonyl (C=O) groups excluding carboxylic acids is 1. The van der Waals surface area contributed by atoms with Crippen LogP contribution in [0.25, 0.3) is 0 Å². The van der Waals surface area contributed by atoms with Crippen molar-refractivity contribution in [2.75, 3.05) is 6.54 Å². The average Bonchev–Trinajstić information content (AvgIpc) is 2.43. The van der Waals surface area contributed by atoms with E-state index in [4.69, 9.17) is 5.73 Å². The number of aromatic nitrogens is 2. The normalized spacial score (nSPS) is 10.8. The largest absolute Gasteiger partial charge is 0.349 e. The molecule has 5 nitrogen and oxygen atoms in total. The molecule has 0 spiro atoms. The van der Waals surface area contributed by atoms with Gasteiger partial charge in [-0.15, -0.1) is 12.4 Å². The highest BCUT2D eigenvalue weighted by molar-refractivity contribution is 5.93. The molecule has 0 bridgehead atoms. The number of hydrogen-bond acceptors (Lipinski definition) is 3. The van der Waals surface area contributed by atoms with Crippen LogP contribution in [0.1, 0.15) is 35.6 Å². The van der Waals surface area contributed by atoms with Crippen molar-refractivity contribution < 1.29 is 4.79 Å². The molecule has 0 saturated carbocycles. The SMILES string of the molecule is Cc1[nH]nc(C(=O)NCC(C)(C)N)c1C.Cl. The molecule has 0 radical (unpaired) electrons. The topological polar surface area (TPSA) is 83.8 Å². The Morgan fingerprint density at radius 2 is 2.06 bits per heavy atom. The van der Waals surface area contributed by atoms with Crippen molar-refractivity contribution in [3.8, 4) is 0 Å². The number of amides is 1. The van der Waals surface area contributed by atoms with Crippen LogP contribution in [0.3, 0.4) is 0 Å². The molecule has 1 rings (SSSR count). The smallest absolute Gasteiger partial charge is 0.272 e. The zero-order valence-corrected chi connectivity index (χ0v) is 10.9. The van der Waals surface area contributed by atoms with E-state index in [1.807, 2.05) is 27.7 Å². The number of rotatable bonds is 3. The first-order valence-electron chi connectivity index (χ1n) is 4.90. The molecule has 0 atom stereocenters. The number of nitrogens with zero attached hydrogens (tertiary/aromatic N) is 1. The van der Waals surface area contributed by atoms with E-state index in [0.29, 0.717) is 12.2 Å². The van der Waals surface area contributed by atoms with Crippen molar-refractivity contribution in [1.29, 1.82) is 0 Å². The van der Waals surface area contributed by atoms with E-state index in [2.05, 4.69) is 15.5 Å². The van der Waals surface area contributed by atoms with Crippen molar-refractivity contribution in [3.05, 3.63) is 17.0 Å². The Morgan fingerprint density at radius 1 is 1.50 bits per heavy atom. The second-order valence-electron chi connectivity index (χ2n) is 4.49. The van der Waals surface area contributed by atoms with E-state index in [0.717, 1.165) is 11.3 Å². The Morgan fingerprint density at radius 3 is 2.44 bits per heavy atom. The minimum atomic E-state index is -0.408. The van der Waals surface area contributed by atoms with Crippen molar-refractivity contribution in [2.45, 2.75) is 33.2 Å². The monoisotopic (exact) mass is 246 g/mol. The van der Waals surface area contributed by atoms with Crippen molar-refractivity contribution in [3.63, 3.8) is 0 Å². The highest BCUT2D eigenvalue weighted by Gasteiger charge is 2.17. The van der Waals surface area contributed by atoms with Gasteiger partial charge in [-0.05, 0) is 27.7 Å². The fourth-order valence-electron chi connectivity index (χ4n) is 1.10. The summed E-state index contributed by atoms with van der Waals surface area (Å²) in [5.41, 5.74) is 7.58. The quantitative estimate of drug-likeness (QED) is 0.742. The van der Waals surface area contributed by atoms with Gasteiger partial charge < -0.3 is 11.1 Å². The minimum absolute atomic E-state index is 0. The van der Waals surface area contributed by atoms with E-state index in [1.165, 1.54) is 0 Å². The third kappa shape index (κ3) is 3.83. The number of nitrogens with two attached hydrogens (primary N) is 1. The summed E-state index contributed by atoms with van der Waals surface area (Å²) in [6, 6.07) is 0. The zero-order chi connectivity index (χ0) is 11.6. The molecule has 1 heterocycles. The molecule has 1 aromatic rings. The van der Waals surface area contributed by atoms with Crippen molar-refractivity contribution in [2.24, 2.45) is 5.73 Å². The van der Waals surface area contributed by atoms with Crippen LogP contribution in [0.4, 0.5) is 0 Å². The number of H-pyrrole nitrogens is 1. The maximum Gasteiger partial charge on any atom is 0.272 e. The summed E-state index contributed by atoms with van der Waals surface area (Å²) < 4.78 is 0. The molecule has 16 heavy (non-hydrogen) atoms. The van der Waals surface area contributed by atoms with Gasteiger partial charge in [0.15, 0.2) is 5.69 Å². The van der Waals surface area contributed by atoms with Crippen LogP contribution in [-0.4, -0.2) is 28.2 Å². The average molecular weight is 247 g/mol. The molecule has 0 unspecified atom stereocenters. The van der Waals surface area contributed by atoms with Gasteiger partial charge in [0.2, 0.25) is 0 Å². The molecular weight excluding hydrogens is 228 g/mol. The minimum Gasteiger partial charge on any atom is -0.349 e. The molecule has 0 aliphatic carbocycles. The lowest BCUT2D eigenvalue weighted by molar-refractivity contribution is 0.0940. The van der Waals surface area contributed by atoms with Crippen molar-refractivity contribution >= 4 is 18.3 Å². The molecule has 0 aromatic carbocycles. The third-order valence-electron chi connectivity index (χ3n) is 2.17. The number of aryl methyl sites for hydroxylation is 1. The molecule has 6 heteroatoms. The van der Waals surface area contributed by atoms with Gasteiger partial charge in [0, 0.05) is 23.3 Å². The summed E-state index contributed by atoms with van der Waals surface area (Å²) in [5, 5.41) is 9.46. The first-order valence-corrected chi connectivity index (χ1v) is 4.90. The number of aromatic amines is 1. The molecular formula is C10H19ClN4O. The molecule has 4 N–H and O–H groups in total. The maximum absolute atomic E-state index is 11.7. The molecule has 1 aromatic heterocycles. The van der Waals surface area contributed by atoms with E-state index >= 15 is 0 Å². The molecule has 0 fully saturated rings. The van der Waals surface area contributed by atoms with Gasteiger partial charge in [0.25, 0.3) is 5.91 Å². The van der Waals surface area contributed by atoms with Gasteiger partial charge >= 0.3 is 0 Å². The number of carbonyl (C=O) groups is 1. The summed E-state index contributed by atoms with van der Waals surface area (Å²) in [7, 11) is 0. The predicted molar refractivity (Wildman–Crippen MR) is 65.9 cm³/mol. The highest BCUT2D eigenvalue weighted by atomic mass is 35.5. The van der Waals surface area contributed by atoms with Crippen molar-refractivity contribution in [1.82, 2.24) is 15.5 Å². The first kappa shape index (κ1) is 14.9. The van der Waals surface area contributed by atoms with Gasteiger partial charge in [-0.1, -0.05) is 0 Å². The molecule has 1 amide bonds. The Labute approximate surface area is 102 Å². The highest BCUT2D eigenvalue weighted by Crippen LogP contribution is 2.08. The van der Waals surface area contributed by atoms with Crippen LogP contribution < -0.4 is 11.1 Å². The van der Waals surface area contributed by atoms with E-state index in [-0.39, 0.29) is 18.3 Å². The summed E-state index contributed by atoms with van der Waals surface area (Å²) in [4.78, 5) is 11.7. The van der Waals surface area contributed by atoms with E-state index in [9.17, 15) is 4.79 Å². The molecule has 0 aliphatic heterocycles. The standard InChI is InChI=1S/C10H18N4O.ClH/c1-6-7(2)13-14-8(6)9(15)12-5-10(3,4)11;/h5,11H2,1-4H3,(H,12,15)(H,13,14);1H. The summed E-state index contributed by atoms with van der Waals surface area (Å²) in [5.74, 6) is -0.185. The number of nitrogens with one attached hydrogen (secondary N) is 2. The van der Waals surface area contributed by atoms with Crippen LogP contribution >= 0.6 is 12.4 Å². The Hall–Kier alpha value is -1.07. The summed E-state index contributed by atoms with van der Waals surface area (Å²) >= 11 is 0. The van der Waals surface area contributed by atoms with Crippen LogP contribution in [0.15, 0.2) is 0 Å².